The molecule has 3 nitrogen and oxygen atoms in total. The molecule has 3 heteroatoms. The van der Waals surface area contributed by atoms with Gasteiger partial charge in [0.25, 0.3) is 0 Å². The molecule has 0 aromatic heterocycles. The Morgan fingerprint density at radius 2 is 2.07 bits per heavy atom. The molecular weight excluding hydrogens is 178 g/mol. The van der Waals surface area contributed by atoms with Crippen LogP contribution in [0.2, 0.25) is 0 Å². The van der Waals surface area contributed by atoms with Crippen molar-refractivity contribution in [2.45, 2.75) is 19.4 Å². The molecule has 1 aromatic rings. The number of aliphatic hydroxyl groups is 1. The summed E-state index contributed by atoms with van der Waals surface area (Å²) in [6.45, 7) is 1.83. The second-order valence-corrected chi connectivity index (χ2v) is 3.14. The zero-order valence-electron chi connectivity index (χ0n) is 8.47. The van der Waals surface area contributed by atoms with Crippen molar-refractivity contribution in [2.24, 2.45) is 5.16 Å². The quantitative estimate of drug-likeness (QED) is 0.588. The van der Waals surface area contributed by atoms with Gasteiger partial charge in [-0.25, -0.2) is 0 Å². The predicted octanol–water partition coefficient (Wildman–Crippen LogP) is 2.13. The summed E-state index contributed by atoms with van der Waals surface area (Å²) in [4.78, 5) is 4.62. The number of hydrogen-bond acceptors (Lipinski definition) is 3. The normalized spacial score (nSPS) is 13.8. The average molecular weight is 193 g/mol. The molecule has 0 spiro atoms. The van der Waals surface area contributed by atoms with Gasteiger partial charge in [0.05, 0.1) is 11.8 Å². The molecule has 1 aromatic carbocycles. The Bertz CT molecular complexity index is 295. The molecular formula is C11H15NO2. The van der Waals surface area contributed by atoms with E-state index in [9.17, 15) is 5.11 Å². The van der Waals surface area contributed by atoms with Gasteiger partial charge in [-0.1, -0.05) is 35.5 Å². The number of aliphatic hydroxyl groups excluding tert-OH is 1. The fourth-order valence-corrected chi connectivity index (χ4v) is 1.27. The third-order valence-electron chi connectivity index (χ3n) is 1.92. The Morgan fingerprint density at radius 3 is 2.64 bits per heavy atom. The molecule has 0 fully saturated rings. The molecule has 0 aliphatic heterocycles. The van der Waals surface area contributed by atoms with Crippen LogP contribution in [0.15, 0.2) is 35.5 Å². The van der Waals surface area contributed by atoms with E-state index in [1.165, 1.54) is 7.11 Å². The van der Waals surface area contributed by atoms with Crippen LogP contribution in [-0.4, -0.2) is 17.9 Å². The van der Waals surface area contributed by atoms with Gasteiger partial charge in [-0.2, -0.15) is 0 Å². The van der Waals surface area contributed by atoms with Crippen molar-refractivity contribution in [2.75, 3.05) is 7.11 Å². The van der Waals surface area contributed by atoms with E-state index < -0.39 is 6.10 Å². The lowest BCUT2D eigenvalue weighted by Crippen LogP contribution is -2.03. The van der Waals surface area contributed by atoms with Crippen LogP contribution in [0, 0.1) is 0 Å². The Morgan fingerprint density at radius 1 is 1.43 bits per heavy atom. The molecule has 76 valence electrons. The summed E-state index contributed by atoms with van der Waals surface area (Å²) in [5.74, 6) is 0. The van der Waals surface area contributed by atoms with Crippen molar-refractivity contribution in [3.8, 4) is 0 Å². The molecule has 1 atom stereocenters. The fourth-order valence-electron chi connectivity index (χ4n) is 1.27. The van der Waals surface area contributed by atoms with Gasteiger partial charge < -0.3 is 9.94 Å². The maximum absolute atomic E-state index is 9.78. The van der Waals surface area contributed by atoms with E-state index in [1.807, 2.05) is 37.3 Å². The molecule has 0 bridgehead atoms. The van der Waals surface area contributed by atoms with E-state index in [0.29, 0.717) is 6.42 Å². The van der Waals surface area contributed by atoms with Gasteiger partial charge in [-0.15, -0.1) is 0 Å². The molecule has 1 rings (SSSR count). The number of nitrogens with zero attached hydrogens (tertiary/aromatic N) is 1. The van der Waals surface area contributed by atoms with Gasteiger partial charge >= 0.3 is 0 Å². The molecule has 0 amide bonds. The van der Waals surface area contributed by atoms with E-state index in [-0.39, 0.29) is 0 Å². The second kappa shape index (κ2) is 5.40. The summed E-state index contributed by atoms with van der Waals surface area (Å²) in [6.07, 6.45) is -0.00667. The lowest BCUT2D eigenvalue weighted by Gasteiger charge is -2.09. The largest absolute Gasteiger partial charge is 0.399 e. The van der Waals surface area contributed by atoms with Gasteiger partial charge in [-0.3, -0.25) is 0 Å². The van der Waals surface area contributed by atoms with E-state index in [4.69, 9.17) is 0 Å². The molecule has 0 radical (unpaired) electrons. The van der Waals surface area contributed by atoms with Crippen LogP contribution < -0.4 is 0 Å². The van der Waals surface area contributed by atoms with Crippen LogP contribution in [0.3, 0.4) is 0 Å². The first-order chi connectivity index (χ1) is 6.74. The minimum Gasteiger partial charge on any atom is -0.399 e. The Balaban J connectivity index is 2.59. The van der Waals surface area contributed by atoms with E-state index >= 15 is 0 Å². The van der Waals surface area contributed by atoms with E-state index in [2.05, 4.69) is 9.99 Å². The van der Waals surface area contributed by atoms with Crippen molar-refractivity contribution < 1.29 is 9.94 Å². The third kappa shape index (κ3) is 3.18. The van der Waals surface area contributed by atoms with E-state index in [0.717, 1.165) is 11.3 Å². The molecule has 0 saturated carbocycles. The summed E-state index contributed by atoms with van der Waals surface area (Å²) in [5, 5.41) is 13.5. The van der Waals surface area contributed by atoms with Gasteiger partial charge in [0.2, 0.25) is 0 Å². The second-order valence-electron chi connectivity index (χ2n) is 3.14. The van der Waals surface area contributed by atoms with Crippen molar-refractivity contribution >= 4 is 5.71 Å². The fraction of sp³-hybridized carbons (Fsp3) is 0.364. The zero-order valence-corrected chi connectivity index (χ0v) is 8.47. The standard InChI is InChI=1S/C11H15NO2/c1-9(12-14-2)8-11(13)10-6-4-3-5-7-10/h3-7,11,13H,8H2,1-2H3/b12-9-. The molecule has 0 aliphatic carbocycles. The van der Waals surface area contributed by atoms with E-state index in [1.54, 1.807) is 0 Å². The number of hydrogen-bond donors (Lipinski definition) is 1. The van der Waals surface area contributed by atoms with Gasteiger partial charge in [0.1, 0.15) is 7.11 Å². The summed E-state index contributed by atoms with van der Waals surface area (Å²) in [6, 6.07) is 9.52. The van der Waals surface area contributed by atoms with Gasteiger partial charge in [-0.05, 0) is 12.5 Å². The van der Waals surface area contributed by atoms with Crippen LogP contribution in [0.1, 0.15) is 25.0 Å². The Hall–Kier alpha value is -1.35. The number of oxime groups is 1. The lowest BCUT2D eigenvalue weighted by molar-refractivity contribution is 0.179. The first kappa shape index (κ1) is 10.7. The smallest absolute Gasteiger partial charge is 0.106 e. The molecule has 0 saturated heterocycles. The lowest BCUT2D eigenvalue weighted by atomic mass is 10.1. The van der Waals surface area contributed by atoms with Crippen LogP contribution in [0.4, 0.5) is 0 Å². The summed E-state index contributed by atoms with van der Waals surface area (Å²) < 4.78 is 0. The average Bonchev–Trinajstić information content (AvgIpc) is 2.19. The number of rotatable bonds is 4. The molecule has 1 N–H and O–H groups in total. The SMILES string of the molecule is CO/N=C(/C)CC(O)c1ccccc1. The van der Waals surface area contributed by atoms with Gasteiger partial charge in [0, 0.05) is 6.42 Å². The van der Waals surface area contributed by atoms with Crippen molar-refractivity contribution in [1.82, 2.24) is 0 Å². The van der Waals surface area contributed by atoms with Crippen LogP contribution >= 0.6 is 0 Å². The monoisotopic (exact) mass is 193 g/mol. The number of benzene rings is 1. The highest BCUT2D eigenvalue weighted by molar-refractivity contribution is 5.81. The van der Waals surface area contributed by atoms with Crippen molar-refractivity contribution in [1.29, 1.82) is 0 Å². The highest BCUT2D eigenvalue weighted by Crippen LogP contribution is 2.16. The van der Waals surface area contributed by atoms with Crippen LogP contribution in [-0.2, 0) is 4.84 Å². The highest BCUT2D eigenvalue weighted by atomic mass is 16.6. The molecule has 1 unspecified atom stereocenters. The minimum absolute atomic E-state index is 0.498. The van der Waals surface area contributed by atoms with Crippen molar-refractivity contribution in [3.63, 3.8) is 0 Å². The third-order valence-corrected chi connectivity index (χ3v) is 1.92. The summed E-state index contributed by atoms with van der Waals surface area (Å²) in [5.41, 5.74) is 1.68. The summed E-state index contributed by atoms with van der Waals surface area (Å²) >= 11 is 0. The topological polar surface area (TPSA) is 41.8 Å². The minimum atomic E-state index is -0.505. The summed E-state index contributed by atoms with van der Waals surface area (Å²) in [7, 11) is 1.50. The Labute approximate surface area is 84.0 Å². The predicted molar refractivity (Wildman–Crippen MR) is 56.1 cm³/mol. The van der Waals surface area contributed by atoms with Crippen LogP contribution in [0.5, 0.6) is 0 Å². The molecule has 0 heterocycles. The van der Waals surface area contributed by atoms with Gasteiger partial charge in [0.15, 0.2) is 0 Å². The molecule has 0 aliphatic rings. The maximum atomic E-state index is 9.78. The zero-order chi connectivity index (χ0) is 10.4. The first-order valence-corrected chi connectivity index (χ1v) is 4.53. The van der Waals surface area contributed by atoms with Crippen LogP contribution in [0.25, 0.3) is 0 Å². The Kier molecular flexibility index (Phi) is 4.13. The van der Waals surface area contributed by atoms with Crippen molar-refractivity contribution in [3.05, 3.63) is 35.9 Å². The highest BCUT2D eigenvalue weighted by Gasteiger charge is 2.08. The molecule has 14 heavy (non-hydrogen) atoms. The first-order valence-electron chi connectivity index (χ1n) is 4.53. The maximum Gasteiger partial charge on any atom is 0.106 e.